The van der Waals surface area contributed by atoms with E-state index >= 15 is 0 Å². The van der Waals surface area contributed by atoms with Crippen LogP contribution in [-0.4, -0.2) is 32.6 Å². The number of aliphatic hydroxyl groups excluding tert-OH is 1. The maximum Gasteiger partial charge on any atom is 0.246 e. The summed E-state index contributed by atoms with van der Waals surface area (Å²) in [7, 11) is 0. The molecule has 1 unspecified atom stereocenters. The second-order valence-corrected chi connectivity index (χ2v) is 5.03. The van der Waals surface area contributed by atoms with Crippen LogP contribution in [0.2, 0.25) is 0 Å². The average Bonchev–Trinajstić information content (AvgIpc) is 2.86. The number of aliphatic hydroxyl groups is 1. The van der Waals surface area contributed by atoms with Crippen LogP contribution >= 0.6 is 15.9 Å². The van der Waals surface area contributed by atoms with Gasteiger partial charge < -0.3 is 16.2 Å². The molecule has 0 radical (unpaired) electrons. The summed E-state index contributed by atoms with van der Waals surface area (Å²) in [5, 5.41) is 19.6. The number of hydrogen-bond donors (Lipinski definition) is 3. The number of nitrogens with two attached hydrogens (primary N) is 1. The molecule has 2 aromatic rings. The molecule has 0 spiro atoms. The van der Waals surface area contributed by atoms with Crippen molar-refractivity contribution >= 4 is 27.5 Å². The van der Waals surface area contributed by atoms with E-state index in [1.807, 2.05) is 24.3 Å². The number of nitrogens with one attached hydrogen (secondary N) is 1. The van der Waals surface area contributed by atoms with E-state index in [-0.39, 0.29) is 6.61 Å². The van der Waals surface area contributed by atoms with Gasteiger partial charge in [-0.1, -0.05) is 21.1 Å². The van der Waals surface area contributed by atoms with Crippen LogP contribution < -0.4 is 11.1 Å². The van der Waals surface area contributed by atoms with Gasteiger partial charge in [-0.2, -0.15) is 0 Å². The lowest BCUT2D eigenvalue weighted by Crippen LogP contribution is -2.28. The Labute approximate surface area is 123 Å². The van der Waals surface area contributed by atoms with E-state index in [0.29, 0.717) is 12.2 Å². The normalized spacial score (nSPS) is 12.1. The first-order valence-corrected chi connectivity index (χ1v) is 6.72. The predicted molar refractivity (Wildman–Crippen MR) is 76.8 cm³/mol. The van der Waals surface area contributed by atoms with Gasteiger partial charge in [0, 0.05) is 10.2 Å². The number of rotatable bonds is 6. The number of aromatic nitrogens is 3. The van der Waals surface area contributed by atoms with Gasteiger partial charge in [-0.3, -0.25) is 4.79 Å². The molecule has 20 heavy (non-hydrogen) atoms. The van der Waals surface area contributed by atoms with Gasteiger partial charge in [-0.25, -0.2) is 4.68 Å². The monoisotopic (exact) mass is 339 g/mol. The topological polar surface area (TPSA) is 106 Å². The van der Waals surface area contributed by atoms with Crippen LogP contribution in [0, 0.1) is 0 Å². The van der Waals surface area contributed by atoms with Crippen LogP contribution in [0.4, 0.5) is 5.69 Å². The molecule has 0 bridgehead atoms. The highest BCUT2D eigenvalue weighted by Crippen LogP contribution is 2.19. The molecule has 4 N–H and O–H groups in total. The predicted octanol–water partition coefficient (Wildman–Crippen LogP) is 0.671. The number of hydrogen-bond acceptors (Lipinski definition) is 5. The Bertz CT molecular complexity index is 584. The largest absolute Gasteiger partial charge is 0.394 e. The molecule has 0 aliphatic carbocycles. The maximum atomic E-state index is 11.6. The Morgan fingerprint density at radius 2 is 2.15 bits per heavy atom. The van der Waals surface area contributed by atoms with E-state index in [1.54, 1.807) is 6.20 Å². The number of halogens is 1. The van der Waals surface area contributed by atoms with Crippen molar-refractivity contribution in [3.63, 3.8) is 0 Å². The third-order valence-corrected chi connectivity index (χ3v) is 3.15. The minimum Gasteiger partial charge on any atom is -0.394 e. The molecule has 2 rings (SSSR count). The van der Waals surface area contributed by atoms with Gasteiger partial charge in [0.15, 0.2) is 6.04 Å². The molecule has 0 aliphatic heterocycles. The van der Waals surface area contributed by atoms with Crippen LogP contribution in [0.1, 0.15) is 11.7 Å². The van der Waals surface area contributed by atoms with Crippen molar-refractivity contribution in [1.29, 1.82) is 0 Å². The second-order valence-electron chi connectivity index (χ2n) is 4.12. The van der Waals surface area contributed by atoms with Crippen LogP contribution in [0.25, 0.3) is 0 Å². The molecule has 0 aliphatic rings. The molecule has 0 saturated carbocycles. The molecule has 1 heterocycles. The van der Waals surface area contributed by atoms with Crippen molar-refractivity contribution in [2.24, 2.45) is 5.73 Å². The van der Waals surface area contributed by atoms with E-state index in [0.717, 1.165) is 10.2 Å². The molecular formula is C12H14BrN5O2. The number of benzene rings is 1. The molecule has 0 fully saturated rings. The Kier molecular flexibility index (Phi) is 4.70. The highest BCUT2D eigenvalue weighted by Gasteiger charge is 2.21. The zero-order valence-corrected chi connectivity index (χ0v) is 12.1. The average molecular weight is 340 g/mol. The van der Waals surface area contributed by atoms with Crippen molar-refractivity contribution in [1.82, 2.24) is 15.0 Å². The minimum atomic E-state index is -0.774. The van der Waals surface area contributed by atoms with E-state index in [1.165, 1.54) is 4.68 Å². The summed E-state index contributed by atoms with van der Waals surface area (Å²) in [5.41, 5.74) is 6.55. The summed E-state index contributed by atoms with van der Waals surface area (Å²) in [6.07, 6.45) is 1.58. The quantitative estimate of drug-likeness (QED) is 0.717. The lowest BCUT2D eigenvalue weighted by atomic mass is 10.2. The zero-order valence-electron chi connectivity index (χ0n) is 10.5. The second kappa shape index (κ2) is 6.49. The van der Waals surface area contributed by atoms with Crippen LogP contribution in [0.3, 0.4) is 0 Å². The molecule has 106 valence electrons. The van der Waals surface area contributed by atoms with Crippen molar-refractivity contribution in [3.05, 3.63) is 40.6 Å². The van der Waals surface area contributed by atoms with Crippen molar-refractivity contribution in [2.75, 3.05) is 11.9 Å². The molecule has 1 aromatic carbocycles. The van der Waals surface area contributed by atoms with Gasteiger partial charge in [0.1, 0.15) is 5.69 Å². The highest BCUT2D eigenvalue weighted by atomic mass is 79.9. The Hall–Kier alpha value is -1.93. The highest BCUT2D eigenvalue weighted by molar-refractivity contribution is 9.10. The molecule has 1 atom stereocenters. The fourth-order valence-corrected chi connectivity index (χ4v) is 1.93. The molecule has 1 amide bonds. The summed E-state index contributed by atoms with van der Waals surface area (Å²) in [6.45, 7) is 0.265. The lowest BCUT2D eigenvalue weighted by molar-refractivity contribution is -0.118. The van der Waals surface area contributed by atoms with Crippen molar-refractivity contribution in [3.8, 4) is 0 Å². The summed E-state index contributed by atoms with van der Waals surface area (Å²) in [6, 6.07) is 6.56. The third-order valence-electron chi connectivity index (χ3n) is 2.62. The van der Waals surface area contributed by atoms with Gasteiger partial charge >= 0.3 is 0 Å². The first-order valence-electron chi connectivity index (χ1n) is 5.92. The number of anilines is 1. The van der Waals surface area contributed by atoms with E-state index < -0.39 is 11.9 Å². The van der Waals surface area contributed by atoms with Gasteiger partial charge in [0.25, 0.3) is 0 Å². The molecule has 1 aromatic heterocycles. The van der Waals surface area contributed by atoms with Crippen LogP contribution in [0.15, 0.2) is 34.9 Å². The smallest absolute Gasteiger partial charge is 0.246 e. The Balaban J connectivity index is 2.17. The number of primary amides is 1. The number of nitrogens with zero attached hydrogens (tertiary/aromatic N) is 3. The number of carbonyl (C=O) groups excluding carboxylic acids is 1. The minimum absolute atomic E-state index is 0.0514. The van der Waals surface area contributed by atoms with Gasteiger partial charge in [0.05, 0.1) is 19.3 Å². The lowest BCUT2D eigenvalue weighted by Gasteiger charge is -2.14. The molecule has 7 nitrogen and oxygen atoms in total. The standard InChI is InChI=1S/C12H14BrN5O2/c13-8-1-3-9(4-2-8)15-11(12(14)20)10-7-18(5-6-19)17-16-10/h1-4,7,11,15,19H,5-6H2,(H2,14,20). The fourth-order valence-electron chi connectivity index (χ4n) is 1.66. The molecular weight excluding hydrogens is 326 g/mol. The van der Waals surface area contributed by atoms with Gasteiger partial charge in [-0.05, 0) is 24.3 Å². The number of amides is 1. The van der Waals surface area contributed by atoms with Crippen molar-refractivity contribution in [2.45, 2.75) is 12.6 Å². The first-order chi connectivity index (χ1) is 9.60. The third kappa shape index (κ3) is 3.55. The van der Waals surface area contributed by atoms with Crippen LogP contribution in [-0.2, 0) is 11.3 Å². The van der Waals surface area contributed by atoms with Gasteiger partial charge in [0.2, 0.25) is 5.91 Å². The fraction of sp³-hybridized carbons (Fsp3) is 0.250. The summed E-state index contributed by atoms with van der Waals surface area (Å²) in [4.78, 5) is 11.6. The summed E-state index contributed by atoms with van der Waals surface area (Å²) in [5.74, 6) is -0.552. The zero-order chi connectivity index (χ0) is 14.5. The Morgan fingerprint density at radius 3 is 2.75 bits per heavy atom. The van der Waals surface area contributed by atoms with E-state index in [9.17, 15) is 4.79 Å². The maximum absolute atomic E-state index is 11.6. The summed E-state index contributed by atoms with van der Waals surface area (Å²) >= 11 is 3.34. The van der Waals surface area contributed by atoms with E-state index in [2.05, 4.69) is 31.6 Å². The van der Waals surface area contributed by atoms with Crippen molar-refractivity contribution < 1.29 is 9.90 Å². The Morgan fingerprint density at radius 1 is 1.45 bits per heavy atom. The summed E-state index contributed by atoms with van der Waals surface area (Å²) < 4.78 is 2.39. The first kappa shape index (κ1) is 14.5. The SMILES string of the molecule is NC(=O)C(Nc1ccc(Br)cc1)c1cn(CCO)nn1. The van der Waals surface area contributed by atoms with Crippen LogP contribution in [0.5, 0.6) is 0 Å². The molecule has 8 heteroatoms. The molecule has 0 saturated heterocycles. The van der Waals surface area contributed by atoms with E-state index in [4.69, 9.17) is 10.8 Å². The number of carbonyl (C=O) groups is 1. The van der Waals surface area contributed by atoms with Gasteiger partial charge in [-0.15, -0.1) is 5.10 Å².